The zero-order chi connectivity index (χ0) is 20.4. The number of anilines is 1. The smallest absolute Gasteiger partial charge is 0.224 e. The lowest BCUT2D eigenvalue weighted by atomic mass is 10.1. The van der Waals surface area contributed by atoms with Gasteiger partial charge in [0.2, 0.25) is 5.91 Å². The topological polar surface area (TPSA) is 51.1 Å². The minimum absolute atomic E-state index is 0.00919. The molecule has 0 fully saturated rings. The highest BCUT2D eigenvalue weighted by molar-refractivity contribution is 9.10. The average Bonchev–Trinajstić information content (AvgIpc) is 2.72. The molecule has 1 aromatic heterocycles. The first-order valence-corrected chi connectivity index (χ1v) is 10.4. The Balaban J connectivity index is 1.56. The Bertz CT molecular complexity index is 1220. The lowest BCUT2D eigenvalue weighted by Gasteiger charge is -2.15. The van der Waals surface area contributed by atoms with E-state index < -0.39 is 0 Å². The molecule has 1 amide bonds. The lowest BCUT2D eigenvalue weighted by molar-refractivity contribution is -0.116. The van der Waals surface area contributed by atoms with Crippen molar-refractivity contribution in [3.05, 3.63) is 87.0 Å². The molecule has 4 nitrogen and oxygen atoms in total. The number of benzene rings is 3. The number of aromatic nitrogens is 1. The number of aryl methyl sites for hydroxylation is 2. The second-order valence-corrected chi connectivity index (χ2v) is 8.04. The van der Waals surface area contributed by atoms with Gasteiger partial charge >= 0.3 is 0 Å². The highest BCUT2D eigenvalue weighted by atomic mass is 79.9. The first kappa shape index (κ1) is 19.4. The molecule has 0 unspecified atom stereocenters. The summed E-state index contributed by atoms with van der Waals surface area (Å²) in [5.41, 5.74) is 3.71. The quantitative estimate of drug-likeness (QED) is 0.401. The molecule has 29 heavy (non-hydrogen) atoms. The number of amides is 1. The lowest BCUT2D eigenvalue weighted by Crippen LogP contribution is -2.15. The van der Waals surface area contributed by atoms with Crippen LogP contribution in [0.5, 0.6) is 0 Å². The van der Waals surface area contributed by atoms with Crippen LogP contribution in [0.4, 0.5) is 5.69 Å². The van der Waals surface area contributed by atoms with Crippen LogP contribution in [-0.2, 0) is 11.3 Å². The molecule has 0 aliphatic heterocycles. The number of carbonyl (C=O) groups excluding carboxylic acids is 1. The number of carbonyl (C=O) groups is 1. The number of hydrogen-bond acceptors (Lipinski definition) is 2. The van der Waals surface area contributed by atoms with Crippen molar-refractivity contribution in [1.82, 2.24) is 4.57 Å². The van der Waals surface area contributed by atoms with Gasteiger partial charge in [-0.15, -0.1) is 0 Å². The van der Waals surface area contributed by atoms with Crippen molar-refractivity contribution in [2.24, 2.45) is 0 Å². The van der Waals surface area contributed by atoms with Crippen LogP contribution in [0.15, 0.2) is 76.0 Å². The molecule has 5 heteroatoms. The van der Waals surface area contributed by atoms with Gasteiger partial charge in [-0.25, -0.2) is 0 Å². The fourth-order valence-corrected chi connectivity index (χ4v) is 4.17. The predicted molar refractivity (Wildman–Crippen MR) is 122 cm³/mol. The summed E-state index contributed by atoms with van der Waals surface area (Å²) in [6.45, 7) is 2.63. The van der Waals surface area contributed by atoms with E-state index in [1.807, 2.05) is 73.7 Å². The molecule has 0 saturated heterocycles. The Kier molecular flexibility index (Phi) is 5.49. The highest BCUT2D eigenvalue weighted by Gasteiger charge is 2.11. The van der Waals surface area contributed by atoms with Crippen molar-refractivity contribution in [3.8, 4) is 0 Å². The van der Waals surface area contributed by atoms with Gasteiger partial charge in [-0.05, 0) is 61.4 Å². The Hall–Kier alpha value is -2.92. The van der Waals surface area contributed by atoms with Gasteiger partial charge in [0.15, 0.2) is 5.43 Å². The molecule has 0 aliphatic rings. The first-order chi connectivity index (χ1) is 14.0. The summed E-state index contributed by atoms with van der Waals surface area (Å²) >= 11 is 3.44. The van der Waals surface area contributed by atoms with E-state index in [0.29, 0.717) is 30.2 Å². The molecule has 0 spiro atoms. The van der Waals surface area contributed by atoms with Crippen LogP contribution in [0.1, 0.15) is 18.4 Å². The average molecular weight is 449 g/mol. The van der Waals surface area contributed by atoms with E-state index in [4.69, 9.17) is 0 Å². The molecule has 0 saturated carbocycles. The van der Waals surface area contributed by atoms with E-state index in [1.54, 1.807) is 0 Å². The van der Waals surface area contributed by atoms with Gasteiger partial charge in [0.25, 0.3) is 0 Å². The van der Waals surface area contributed by atoms with Gasteiger partial charge < -0.3 is 9.88 Å². The molecule has 4 aromatic rings. The minimum Gasteiger partial charge on any atom is -0.340 e. The van der Waals surface area contributed by atoms with Crippen LogP contribution < -0.4 is 10.7 Å². The number of pyridine rings is 1. The van der Waals surface area contributed by atoms with Gasteiger partial charge in [0.1, 0.15) is 0 Å². The van der Waals surface area contributed by atoms with E-state index in [2.05, 4.69) is 25.8 Å². The van der Waals surface area contributed by atoms with Crippen molar-refractivity contribution in [1.29, 1.82) is 0 Å². The van der Waals surface area contributed by atoms with Gasteiger partial charge in [0.05, 0.1) is 11.0 Å². The van der Waals surface area contributed by atoms with E-state index in [1.165, 1.54) is 0 Å². The molecule has 0 aliphatic carbocycles. The van der Waals surface area contributed by atoms with Crippen LogP contribution in [0.25, 0.3) is 21.8 Å². The second kappa shape index (κ2) is 8.21. The molecule has 0 atom stereocenters. The van der Waals surface area contributed by atoms with E-state index >= 15 is 0 Å². The van der Waals surface area contributed by atoms with Crippen molar-refractivity contribution in [2.45, 2.75) is 26.3 Å². The summed E-state index contributed by atoms with van der Waals surface area (Å²) in [7, 11) is 0. The Morgan fingerprint density at radius 1 is 0.966 bits per heavy atom. The van der Waals surface area contributed by atoms with Crippen molar-refractivity contribution in [2.75, 3.05) is 5.32 Å². The maximum Gasteiger partial charge on any atom is 0.224 e. The number of rotatable bonds is 5. The Morgan fingerprint density at radius 3 is 2.21 bits per heavy atom. The van der Waals surface area contributed by atoms with Crippen LogP contribution in [0.2, 0.25) is 0 Å². The molecule has 1 heterocycles. The molecular formula is C24H21BrN2O2. The largest absolute Gasteiger partial charge is 0.340 e. The summed E-state index contributed by atoms with van der Waals surface area (Å²) in [4.78, 5) is 25.2. The summed E-state index contributed by atoms with van der Waals surface area (Å²) < 4.78 is 3.13. The van der Waals surface area contributed by atoms with E-state index in [-0.39, 0.29) is 11.3 Å². The number of para-hydroxylation sites is 2. The Labute approximate surface area is 177 Å². The summed E-state index contributed by atoms with van der Waals surface area (Å²) in [6.07, 6.45) is 1.09. The van der Waals surface area contributed by atoms with Crippen molar-refractivity contribution >= 4 is 49.3 Å². The monoisotopic (exact) mass is 448 g/mol. The fourth-order valence-electron chi connectivity index (χ4n) is 3.70. The van der Waals surface area contributed by atoms with Gasteiger partial charge in [-0.1, -0.05) is 40.2 Å². The number of nitrogens with zero attached hydrogens (tertiary/aromatic N) is 1. The first-order valence-electron chi connectivity index (χ1n) is 9.61. The fraction of sp³-hybridized carbons (Fsp3) is 0.167. The van der Waals surface area contributed by atoms with Crippen molar-refractivity contribution in [3.63, 3.8) is 0 Å². The molecule has 146 valence electrons. The summed E-state index contributed by atoms with van der Waals surface area (Å²) in [5.74, 6) is -0.00919. The van der Waals surface area contributed by atoms with Crippen LogP contribution in [-0.4, -0.2) is 10.5 Å². The second-order valence-electron chi connectivity index (χ2n) is 7.13. The number of fused-ring (bicyclic) bond motifs is 2. The Morgan fingerprint density at radius 2 is 1.59 bits per heavy atom. The molecule has 0 bridgehead atoms. The van der Waals surface area contributed by atoms with E-state index in [9.17, 15) is 9.59 Å². The van der Waals surface area contributed by atoms with Crippen LogP contribution >= 0.6 is 15.9 Å². The zero-order valence-corrected chi connectivity index (χ0v) is 17.7. The van der Waals surface area contributed by atoms with Crippen LogP contribution in [0, 0.1) is 6.92 Å². The maximum absolute atomic E-state index is 12.8. The van der Waals surface area contributed by atoms with Crippen molar-refractivity contribution < 1.29 is 4.79 Å². The van der Waals surface area contributed by atoms with Gasteiger partial charge in [-0.3, -0.25) is 9.59 Å². The minimum atomic E-state index is -0.00919. The number of hydrogen-bond donors (Lipinski definition) is 1. The van der Waals surface area contributed by atoms with Gasteiger partial charge in [-0.2, -0.15) is 0 Å². The number of halogens is 1. The molecule has 3 aromatic carbocycles. The molecule has 4 rings (SSSR count). The summed E-state index contributed by atoms with van der Waals surface area (Å²) in [5, 5.41) is 4.41. The normalized spacial score (nSPS) is 11.1. The van der Waals surface area contributed by atoms with Crippen LogP contribution in [0.3, 0.4) is 0 Å². The standard InChI is InChI=1S/C24H21BrN2O2/c1-16-15-17(25)12-13-20(16)26-23(28)11-6-14-27-21-9-4-2-7-18(21)24(29)19-8-3-5-10-22(19)27/h2-5,7-10,12-13,15H,6,11,14H2,1H3,(H,26,28). The van der Waals surface area contributed by atoms with E-state index in [0.717, 1.165) is 26.8 Å². The zero-order valence-electron chi connectivity index (χ0n) is 16.1. The molecule has 1 N–H and O–H groups in total. The third kappa shape index (κ3) is 3.96. The number of nitrogens with one attached hydrogen (secondary N) is 1. The molecule has 0 radical (unpaired) electrons. The third-order valence-electron chi connectivity index (χ3n) is 5.13. The van der Waals surface area contributed by atoms with Gasteiger partial charge in [0, 0.05) is 33.9 Å². The maximum atomic E-state index is 12.8. The third-order valence-corrected chi connectivity index (χ3v) is 5.62. The molecular weight excluding hydrogens is 428 g/mol. The SMILES string of the molecule is Cc1cc(Br)ccc1NC(=O)CCCn1c2ccccc2c(=O)c2ccccc21. The highest BCUT2D eigenvalue weighted by Crippen LogP contribution is 2.22. The predicted octanol–water partition coefficient (Wildman–Crippen LogP) is 5.64. The summed E-state index contributed by atoms with van der Waals surface area (Å²) in [6, 6.07) is 21.1.